The summed E-state index contributed by atoms with van der Waals surface area (Å²) in [5.41, 5.74) is 0. The third kappa shape index (κ3) is 12.5. The summed E-state index contributed by atoms with van der Waals surface area (Å²) >= 11 is 21.7. The average molecular weight is 453 g/mol. The van der Waals surface area contributed by atoms with Gasteiger partial charge in [0.1, 0.15) is 0 Å². The van der Waals surface area contributed by atoms with Crippen LogP contribution in [0.2, 0.25) is 7.11 Å². The van der Waals surface area contributed by atoms with Gasteiger partial charge in [-0.2, -0.15) is 0 Å². The summed E-state index contributed by atoms with van der Waals surface area (Å²) in [5, 5.41) is 0. The predicted molar refractivity (Wildman–Crippen MR) is 52.1 cm³/mol. The van der Waals surface area contributed by atoms with Crippen molar-refractivity contribution in [2.24, 2.45) is 0 Å². The normalized spacial score (nSPS) is 10.7. The molecule has 0 aliphatic carbocycles. The van der Waals surface area contributed by atoms with Gasteiger partial charge < -0.3 is 0 Å². The number of halogens is 4. The molecule has 0 aromatic heterocycles. The Morgan fingerprint density at radius 3 is 1.55 bits per heavy atom. The molecule has 0 bridgehead atoms. The molecular weight excluding hydrogens is 447 g/mol. The van der Waals surface area contributed by atoms with E-state index in [2.05, 4.69) is 0 Å². The molecule has 0 fully saturated rings. The van der Waals surface area contributed by atoms with Crippen molar-refractivity contribution in [2.45, 2.75) is 16.0 Å². The maximum absolute atomic E-state index is 5.58. The number of rotatable bonds is 6. The summed E-state index contributed by atoms with van der Waals surface area (Å²) in [5.74, 6) is 0. The van der Waals surface area contributed by atoms with Gasteiger partial charge in [0.15, 0.2) is 0 Å². The van der Waals surface area contributed by atoms with Crippen molar-refractivity contribution in [1.82, 2.24) is 0 Å². The van der Waals surface area contributed by atoms with E-state index in [9.17, 15) is 0 Å². The first-order valence-electron chi connectivity index (χ1n) is 3.16. The van der Waals surface area contributed by atoms with Crippen molar-refractivity contribution in [3.8, 4) is 0 Å². The Bertz CT molecular complexity index is 82.2. The number of hydrogen-bond acceptors (Lipinski definition) is 0. The van der Waals surface area contributed by atoms with E-state index in [1.807, 2.05) is 0 Å². The summed E-state index contributed by atoms with van der Waals surface area (Å²) in [4.78, 5) is 0. The Labute approximate surface area is 105 Å². The van der Waals surface area contributed by atoms with Crippen molar-refractivity contribution < 1.29 is 24.6 Å². The van der Waals surface area contributed by atoms with Crippen LogP contribution in [0.4, 0.5) is 0 Å². The van der Waals surface area contributed by atoms with E-state index in [0.717, 1.165) is 19.0 Å². The summed E-state index contributed by atoms with van der Waals surface area (Å²) < 4.78 is 2.35. The first kappa shape index (κ1) is 13.5. The van der Waals surface area contributed by atoms with E-state index >= 15 is 0 Å². The third-order valence-corrected chi connectivity index (χ3v) is 19.7. The third-order valence-electron chi connectivity index (χ3n) is 0.951. The number of hydrogen-bond donors (Lipinski definition) is 0. The minimum atomic E-state index is -0.656. The summed E-state index contributed by atoms with van der Waals surface area (Å²) in [6.07, 6.45) is 0. The standard InChI is InChI=1S/2C2H3Cl2Si.Hg/c2*1-5-2(3)4;/h2*2H,1H2;. The van der Waals surface area contributed by atoms with Crippen LogP contribution in [-0.2, 0) is 24.6 Å². The molecule has 0 aromatic rings. The van der Waals surface area contributed by atoms with Crippen molar-refractivity contribution in [3.63, 3.8) is 0 Å². The summed E-state index contributed by atoms with van der Waals surface area (Å²) in [7, 11) is 1.48. The van der Waals surface area contributed by atoms with Crippen LogP contribution < -0.4 is 0 Å². The Hall–Kier alpha value is 2.53. The van der Waals surface area contributed by atoms with Crippen LogP contribution in [0.25, 0.3) is 0 Å². The van der Waals surface area contributed by atoms with Crippen molar-refractivity contribution in [1.29, 1.82) is 0 Å². The van der Waals surface area contributed by atoms with Crippen LogP contribution in [0.1, 0.15) is 0 Å². The van der Waals surface area contributed by atoms with E-state index in [1.54, 1.807) is 0 Å². The van der Waals surface area contributed by atoms with Gasteiger partial charge in [0.2, 0.25) is 0 Å². The zero-order valence-corrected chi connectivity index (χ0v) is 16.3. The molecule has 0 aliphatic rings. The Kier molecular flexibility index (Phi) is 11.2. The molecule has 0 spiro atoms. The molecule has 0 saturated heterocycles. The molecule has 0 aliphatic heterocycles. The second-order valence-corrected chi connectivity index (χ2v) is 22.9. The zero-order valence-electron chi connectivity index (χ0n) is 5.79. The van der Waals surface area contributed by atoms with Gasteiger partial charge in [-0.3, -0.25) is 0 Å². The van der Waals surface area contributed by atoms with Gasteiger partial charge in [0, 0.05) is 0 Å². The predicted octanol–water partition coefficient (Wildman–Crippen LogP) is 2.75. The molecule has 0 amide bonds. The molecule has 60 valence electrons. The van der Waals surface area contributed by atoms with E-state index in [1.165, 1.54) is 7.11 Å². The van der Waals surface area contributed by atoms with Crippen LogP contribution in [-0.4, -0.2) is 28.0 Å². The fraction of sp³-hybridized carbons (Fsp3) is 1.00. The van der Waals surface area contributed by atoms with Crippen LogP contribution in [0.3, 0.4) is 0 Å². The van der Waals surface area contributed by atoms with E-state index < -0.39 is 24.6 Å². The molecule has 0 rings (SSSR count). The molecular formula is C4H6Cl4HgSi2. The Balaban J connectivity index is 2.91. The van der Waals surface area contributed by atoms with Gasteiger partial charge >= 0.3 is 106 Å². The maximum atomic E-state index is 5.58. The van der Waals surface area contributed by atoms with E-state index in [0.29, 0.717) is 0 Å². The fourth-order valence-corrected chi connectivity index (χ4v) is 29.6. The van der Waals surface area contributed by atoms with Gasteiger partial charge in [-0.15, -0.1) is 0 Å². The monoisotopic (exact) mass is 452 g/mol. The van der Waals surface area contributed by atoms with Gasteiger partial charge in [-0.25, -0.2) is 0 Å². The molecule has 0 aromatic carbocycles. The molecule has 0 atom stereocenters. The van der Waals surface area contributed by atoms with Crippen LogP contribution in [0.15, 0.2) is 0 Å². The summed E-state index contributed by atoms with van der Waals surface area (Å²) in [6.45, 7) is 0. The van der Waals surface area contributed by atoms with E-state index in [-0.39, 0.29) is 8.92 Å². The van der Waals surface area contributed by atoms with Gasteiger partial charge in [0.25, 0.3) is 0 Å². The topological polar surface area (TPSA) is 0 Å². The molecule has 11 heavy (non-hydrogen) atoms. The van der Waals surface area contributed by atoms with Crippen LogP contribution >= 0.6 is 46.4 Å². The molecule has 0 nitrogen and oxygen atoms in total. The molecule has 0 heterocycles. The fourth-order valence-electron chi connectivity index (χ4n) is 0.511. The second-order valence-electron chi connectivity index (χ2n) is 1.86. The molecule has 0 N–H and O–H groups in total. The Morgan fingerprint density at radius 1 is 0.909 bits per heavy atom. The van der Waals surface area contributed by atoms with Crippen molar-refractivity contribution in [2.75, 3.05) is 0 Å². The first-order chi connectivity index (χ1) is 5.13. The average Bonchev–Trinajstić information content (AvgIpc) is 1.85. The van der Waals surface area contributed by atoms with Gasteiger partial charge in [-0.05, 0) is 0 Å². The number of alkyl halides is 4. The first-order valence-corrected chi connectivity index (χ1v) is 15.2. The molecule has 4 radical (unpaired) electrons. The SMILES string of the molecule is ClC(Cl)[Si][CH2][Hg][CH2][Si]C(Cl)Cl. The second kappa shape index (κ2) is 9.10. The molecule has 0 unspecified atom stereocenters. The van der Waals surface area contributed by atoms with E-state index in [4.69, 9.17) is 46.4 Å². The van der Waals surface area contributed by atoms with Crippen molar-refractivity contribution in [3.05, 3.63) is 0 Å². The van der Waals surface area contributed by atoms with Gasteiger partial charge in [-0.1, -0.05) is 0 Å². The zero-order chi connectivity index (χ0) is 8.69. The van der Waals surface area contributed by atoms with Crippen LogP contribution in [0.5, 0.6) is 0 Å². The Morgan fingerprint density at radius 2 is 1.27 bits per heavy atom. The van der Waals surface area contributed by atoms with Crippen LogP contribution in [0, 0.1) is 0 Å². The minimum absolute atomic E-state index is 0.138. The quantitative estimate of drug-likeness (QED) is 0.330. The molecule has 0 saturated carbocycles. The van der Waals surface area contributed by atoms with Gasteiger partial charge in [0.05, 0.1) is 0 Å². The van der Waals surface area contributed by atoms with Crippen molar-refractivity contribution >= 4 is 65.4 Å². The summed E-state index contributed by atoms with van der Waals surface area (Å²) in [6, 6.07) is 0. The molecule has 7 heteroatoms.